The summed E-state index contributed by atoms with van der Waals surface area (Å²) in [6.07, 6.45) is 6.12. The Bertz CT molecular complexity index is 1320. The number of halogens is 1. The molecule has 0 bridgehead atoms. The number of nitrogens with one attached hydrogen (secondary N) is 2. The highest BCUT2D eigenvalue weighted by molar-refractivity contribution is 5.97. The number of nitrogens with zero attached hydrogens (tertiary/aromatic N) is 7. The molecule has 5 heterocycles. The molecule has 34 heavy (non-hydrogen) atoms. The van der Waals surface area contributed by atoms with E-state index in [1.54, 1.807) is 21.9 Å². The van der Waals surface area contributed by atoms with Gasteiger partial charge in [-0.3, -0.25) is 4.79 Å². The molecule has 176 valence electrons. The number of fused-ring (bicyclic) bond motifs is 1. The molecule has 11 nitrogen and oxygen atoms in total. The number of hydrogen-bond donors (Lipinski definition) is 3. The second-order valence-corrected chi connectivity index (χ2v) is 8.44. The van der Waals surface area contributed by atoms with Crippen molar-refractivity contribution in [2.24, 2.45) is 0 Å². The Kier molecular flexibility index (Phi) is 5.57. The predicted octanol–water partition coefficient (Wildman–Crippen LogP) is 2.36. The number of β-amino-alcohol motifs (C(OH)–C–C–N with tert-alkyl or cyclic N) is 1. The van der Waals surface area contributed by atoms with Crippen LogP contribution in [0.3, 0.4) is 0 Å². The van der Waals surface area contributed by atoms with E-state index in [-0.39, 0.29) is 30.9 Å². The largest absolute Gasteiger partial charge is 0.391 e. The maximum atomic E-state index is 13.1. The number of pyridine rings is 1. The van der Waals surface area contributed by atoms with Crippen LogP contribution in [0.2, 0.25) is 0 Å². The Balaban J connectivity index is 1.44. The summed E-state index contributed by atoms with van der Waals surface area (Å²) in [6, 6.07) is 5.85. The minimum absolute atomic E-state index is 0.188. The average molecular weight is 465 g/mol. The highest BCUT2D eigenvalue weighted by atomic mass is 19.1. The number of aliphatic hydroxyl groups is 1. The lowest BCUT2D eigenvalue weighted by atomic mass is 10.2. The van der Waals surface area contributed by atoms with E-state index in [0.717, 1.165) is 5.52 Å². The highest BCUT2D eigenvalue weighted by Gasteiger charge is 2.38. The third kappa shape index (κ3) is 4.27. The van der Waals surface area contributed by atoms with Crippen LogP contribution in [0.4, 0.5) is 27.7 Å². The van der Waals surface area contributed by atoms with Gasteiger partial charge in [-0.15, -0.1) is 5.10 Å². The third-order valence-electron chi connectivity index (χ3n) is 5.66. The molecule has 12 heteroatoms. The number of carbonyl (C=O) groups excluding carboxylic acids is 1. The zero-order chi connectivity index (χ0) is 23.8. The van der Waals surface area contributed by atoms with Crippen LogP contribution in [-0.2, 0) is 4.79 Å². The second kappa shape index (κ2) is 8.71. The zero-order valence-electron chi connectivity index (χ0n) is 18.6. The number of rotatable bonds is 6. The van der Waals surface area contributed by atoms with Gasteiger partial charge in [0, 0.05) is 31.4 Å². The van der Waals surface area contributed by atoms with Crippen LogP contribution in [0.25, 0.3) is 5.52 Å². The van der Waals surface area contributed by atoms with Crippen LogP contribution >= 0.6 is 0 Å². The summed E-state index contributed by atoms with van der Waals surface area (Å²) in [5, 5.41) is 20.8. The average Bonchev–Trinajstić information content (AvgIpc) is 3.54. The molecule has 1 saturated heterocycles. The van der Waals surface area contributed by atoms with Crippen molar-refractivity contribution in [1.29, 1.82) is 0 Å². The topological polar surface area (TPSA) is 126 Å². The van der Waals surface area contributed by atoms with Crippen molar-refractivity contribution in [3.8, 4) is 0 Å². The molecule has 1 fully saturated rings. The zero-order valence-corrected chi connectivity index (χ0v) is 18.6. The van der Waals surface area contributed by atoms with E-state index in [1.165, 1.54) is 18.3 Å². The van der Waals surface area contributed by atoms with Gasteiger partial charge in [-0.1, -0.05) is 0 Å². The monoisotopic (exact) mass is 465 g/mol. The molecular weight excluding hydrogens is 441 g/mol. The van der Waals surface area contributed by atoms with Gasteiger partial charge in [0.05, 0.1) is 24.3 Å². The van der Waals surface area contributed by atoms with E-state index >= 15 is 0 Å². The summed E-state index contributed by atoms with van der Waals surface area (Å²) in [5.41, 5.74) is 1.10. The molecular formula is C22H24FN9O2. The Hall–Kier alpha value is -4.06. The van der Waals surface area contributed by atoms with Gasteiger partial charge in [0.25, 0.3) is 0 Å². The van der Waals surface area contributed by atoms with Crippen molar-refractivity contribution in [1.82, 2.24) is 29.1 Å². The number of aromatic nitrogens is 6. The van der Waals surface area contributed by atoms with E-state index < -0.39 is 18.1 Å². The van der Waals surface area contributed by atoms with E-state index in [9.17, 15) is 14.3 Å². The minimum Gasteiger partial charge on any atom is -0.391 e. The molecule has 2 atom stereocenters. The maximum Gasteiger partial charge on any atom is 0.247 e. The van der Waals surface area contributed by atoms with Gasteiger partial charge >= 0.3 is 0 Å². The molecule has 0 spiro atoms. The number of anilines is 4. The first-order chi connectivity index (χ1) is 16.4. The van der Waals surface area contributed by atoms with Crippen LogP contribution in [-0.4, -0.2) is 58.8 Å². The quantitative estimate of drug-likeness (QED) is 0.371. The molecule has 0 saturated carbocycles. The molecule has 0 aromatic carbocycles. The van der Waals surface area contributed by atoms with Crippen LogP contribution < -0.4 is 15.5 Å². The summed E-state index contributed by atoms with van der Waals surface area (Å²) in [6.45, 7) is 4.31. The normalized spacial score (nSPS) is 18.1. The predicted molar refractivity (Wildman–Crippen MR) is 123 cm³/mol. The summed E-state index contributed by atoms with van der Waals surface area (Å²) in [7, 11) is 0. The van der Waals surface area contributed by atoms with Crippen molar-refractivity contribution in [2.45, 2.75) is 38.5 Å². The molecule has 0 aliphatic carbocycles. The van der Waals surface area contributed by atoms with Crippen molar-refractivity contribution in [3.05, 3.63) is 55.1 Å². The van der Waals surface area contributed by atoms with Gasteiger partial charge in [0.2, 0.25) is 17.8 Å². The SMILES string of the molecule is CC(C)n1cnc(Nc2nc(N3C[C@H](O)C[C@H]3C(=O)Nc3ccc(F)nc3)nn3cccc23)c1. The van der Waals surface area contributed by atoms with Gasteiger partial charge in [-0.05, 0) is 38.1 Å². The molecule has 1 aliphatic rings. The van der Waals surface area contributed by atoms with Crippen LogP contribution in [0, 0.1) is 5.95 Å². The van der Waals surface area contributed by atoms with Gasteiger partial charge in [0.1, 0.15) is 17.4 Å². The number of imidazole rings is 1. The van der Waals surface area contributed by atoms with Crippen molar-refractivity contribution >= 4 is 34.7 Å². The fraction of sp³-hybridized carbons (Fsp3) is 0.318. The minimum atomic E-state index is -0.732. The van der Waals surface area contributed by atoms with Crippen LogP contribution in [0.5, 0.6) is 0 Å². The molecule has 1 aliphatic heterocycles. The summed E-state index contributed by atoms with van der Waals surface area (Å²) >= 11 is 0. The van der Waals surface area contributed by atoms with Gasteiger partial charge in [-0.2, -0.15) is 9.37 Å². The Morgan fingerprint density at radius 2 is 2.12 bits per heavy atom. The van der Waals surface area contributed by atoms with Crippen molar-refractivity contribution in [3.63, 3.8) is 0 Å². The van der Waals surface area contributed by atoms with E-state index in [4.69, 9.17) is 0 Å². The first-order valence-electron chi connectivity index (χ1n) is 10.9. The number of amides is 1. The lowest BCUT2D eigenvalue weighted by molar-refractivity contribution is -0.117. The fourth-order valence-corrected chi connectivity index (χ4v) is 3.90. The van der Waals surface area contributed by atoms with E-state index in [2.05, 4.69) is 44.5 Å². The third-order valence-corrected chi connectivity index (χ3v) is 5.66. The van der Waals surface area contributed by atoms with Gasteiger partial charge < -0.3 is 25.2 Å². The van der Waals surface area contributed by atoms with Crippen molar-refractivity contribution < 1.29 is 14.3 Å². The summed E-state index contributed by atoms with van der Waals surface area (Å²) in [4.78, 5) is 27.3. The molecule has 3 N–H and O–H groups in total. The molecule has 1 amide bonds. The lowest BCUT2D eigenvalue weighted by Crippen LogP contribution is -2.41. The standard InChI is InChI=1S/C22H24FN9O2/c1-13(2)30-11-19(25-12-30)27-20-16-4-3-7-32(16)29-22(28-20)31-10-15(33)8-17(31)21(34)26-14-5-6-18(23)24-9-14/h3-7,9,11-13,15,17,33H,8,10H2,1-2H3,(H,26,34)(H,27,28,29)/t15-,17+/m1/s1. The molecule has 4 aromatic rings. The molecule has 0 radical (unpaired) electrons. The number of aliphatic hydroxyl groups excluding tert-OH is 1. The fourth-order valence-electron chi connectivity index (χ4n) is 3.90. The molecule has 5 rings (SSSR count). The van der Waals surface area contributed by atoms with E-state index in [0.29, 0.717) is 17.3 Å². The summed E-state index contributed by atoms with van der Waals surface area (Å²) < 4.78 is 16.7. The van der Waals surface area contributed by atoms with Gasteiger partial charge in [-0.25, -0.2) is 14.5 Å². The van der Waals surface area contributed by atoms with Crippen LogP contribution in [0.1, 0.15) is 26.3 Å². The van der Waals surface area contributed by atoms with Crippen molar-refractivity contribution in [2.75, 3.05) is 22.1 Å². The summed E-state index contributed by atoms with van der Waals surface area (Å²) in [5.74, 6) is 0.422. The molecule has 4 aromatic heterocycles. The smallest absolute Gasteiger partial charge is 0.247 e. The first-order valence-corrected chi connectivity index (χ1v) is 10.9. The number of hydrogen-bond acceptors (Lipinski definition) is 8. The lowest BCUT2D eigenvalue weighted by Gasteiger charge is -2.24. The Labute approximate surface area is 194 Å². The maximum absolute atomic E-state index is 13.1. The highest BCUT2D eigenvalue weighted by Crippen LogP contribution is 2.28. The first kappa shape index (κ1) is 21.8. The van der Waals surface area contributed by atoms with Crippen LogP contribution in [0.15, 0.2) is 49.2 Å². The molecule has 0 unspecified atom stereocenters. The van der Waals surface area contributed by atoms with E-state index in [1.807, 2.05) is 22.9 Å². The van der Waals surface area contributed by atoms with Gasteiger partial charge in [0.15, 0.2) is 5.82 Å². The Morgan fingerprint density at radius 3 is 2.85 bits per heavy atom. The number of carbonyl (C=O) groups is 1. The Morgan fingerprint density at radius 1 is 1.26 bits per heavy atom. The second-order valence-electron chi connectivity index (χ2n) is 8.44.